The second-order valence-electron chi connectivity index (χ2n) is 16.8. The van der Waals surface area contributed by atoms with Crippen LogP contribution in [0.1, 0.15) is 26.3 Å². The number of carbonyl (C=O) groups is 1. The maximum Gasteiger partial charge on any atom is 0.407 e. The van der Waals surface area contributed by atoms with Crippen molar-refractivity contribution in [2.24, 2.45) is 5.73 Å². The first-order chi connectivity index (χ1) is 36.3. The number of likely N-dealkylation sites (N-methyl/N-ethyl adjacent to an activating group) is 3. The summed E-state index contributed by atoms with van der Waals surface area (Å²) in [6, 6.07) is 6.16. The minimum Gasteiger partial charge on any atom is -0.486 e. The summed E-state index contributed by atoms with van der Waals surface area (Å²) < 4.78 is 40.7. The van der Waals surface area contributed by atoms with Crippen molar-refractivity contribution in [2.75, 3.05) is 94.9 Å². The molecular formula is C44H57ClN22O4S4. The molecule has 0 spiro atoms. The van der Waals surface area contributed by atoms with E-state index in [1.54, 1.807) is 80.8 Å². The van der Waals surface area contributed by atoms with E-state index in [1.165, 1.54) is 40.2 Å². The van der Waals surface area contributed by atoms with E-state index in [1.807, 2.05) is 70.2 Å². The molecule has 0 atom stereocenters. The summed E-state index contributed by atoms with van der Waals surface area (Å²) in [5.74, 6) is 4.15. The predicted octanol–water partition coefficient (Wildman–Crippen LogP) is 4.94. The van der Waals surface area contributed by atoms with E-state index < -0.39 is 11.7 Å². The normalized spacial score (nSPS) is 11.6. The zero-order chi connectivity index (χ0) is 53.0. The van der Waals surface area contributed by atoms with E-state index in [9.17, 15) is 4.79 Å². The number of nitrogens with two attached hydrogens (primary N) is 1. The third kappa shape index (κ3) is 17.4. The average Bonchev–Trinajstić information content (AvgIpc) is 4.23. The number of halogens is 1. The highest BCUT2D eigenvalue weighted by Gasteiger charge is 2.17. The molecule has 31 heteroatoms. The Morgan fingerprint density at radius 2 is 1.11 bits per heavy atom. The highest BCUT2D eigenvalue weighted by Crippen LogP contribution is 2.31. The van der Waals surface area contributed by atoms with Gasteiger partial charge in [-0.2, -0.15) is 37.4 Å². The summed E-state index contributed by atoms with van der Waals surface area (Å²) in [5.41, 5.74) is 6.22. The molecule has 1 aliphatic heterocycles. The molecule has 4 N–H and O–H groups in total. The maximum absolute atomic E-state index is 11.5. The summed E-state index contributed by atoms with van der Waals surface area (Å²) >= 11 is 10.8. The molecule has 9 heterocycles. The lowest BCUT2D eigenvalue weighted by molar-refractivity contribution is 0.0529. The van der Waals surface area contributed by atoms with Crippen LogP contribution in [0.5, 0.6) is 11.5 Å². The number of nitrogens with one attached hydrogen (secondary N) is 2. The van der Waals surface area contributed by atoms with Crippen molar-refractivity contribution < 1.29 is 19.0 Å². The number of amides is 1. The lowest BCUT2D eigenvalue weighted by Gasteiger charge is -2.20. The van der Waals surface area contributed by atoms with Crippen molar-refractivity contribution in [2.45, 2.75) is 32.8 Å². The molecule has 0 fully saturated rings. The van der Waals surface area contributed by atoms with Gasteiger partial charge < -0.3 is 45.3 Å². The van der Waals surface area contributed by atoms with E-state index in [4.69, 9.17) is 31.5 Å². The van der Waals surface area contributed by atoms with Crippen molar-refractivity contribution in [3.8, 4) is 35.3 Å². The summed E-state index contributed by atoms with van der Waals surface area (Å²) in [4.78, 5) is 50.6. The second-order valence-corrected chi connectivity index (χ2v) is 20.3. The van der Waals surface area contributed by atoms with E-state index in [-0.39, 0.29) is 0 Å². The van der Waals surface area contributed by atoms with Crippen molar-refractivity contribution in [3.63, 3.8) is 0 Å². The zero-order valence-corrected chi connectivity index (χ0v) is 46.0. The Morgan fingerprint density at radius 3 is 1.55 bits per heavy atom. The molecule has 0 aliphatic carbocycles. The van der Waals surface area contributed by atoms with Gasteiger partial charge in [0.05, 0.1) is 0 Å². The van der Waals surface area contributed by atoms with E-state index in [2.05, 4.69) is 85.0 Å². The number of rotatable bonds is 18. The number of nitrogens with zero attached hydrogens (tertiary/aromatic N) is 19. The van der Waals surface area contributed by atoms with Crippen LogP contribution in [-0.2, 0) is 11.2 Å². The van der Waals surface area contributed by atoms with Crippen molar-refractivity contribution in [3.05, 3.63) is 103 Å². The second kappa shape index (κ2) is 27.9. The number of carbonyl (C=O) groups excluding carboxylic acids is 1. The summed E-state index contributed by atoms with van der Waals surface area (Å²) in [5, 5.41) is 8.72. The Kier molecular flexibility index (Phi) is 20.7. The number of anilines is 3. The Bertz CT molecular complexity index is 3010. The number of benzene rings is 1. The number of imidazole rings is 4. The van der Waals surface area contributed by atoms with Gasteiger partial charge in [0, 0.05) is 156 Å². The molecule has 0 saturated heterocycles. The number of aromatic nitrogens is 16. The van der Waals surface area contributed by atoms with Gasteiger partial charge >= 0.3 is 6.09 Å². The zero-order valence-electron chi connectivity index (χ0n) is 41.9. The number of alkyl carbamates (subject to hydrolysis) is 1. The Labute approximate surface area is 453 Å². The molecule has 0 saturated carbocycles. The molecule has 1 amide bonds. The minimum absolute atomic E-state index is 0.419. The Morgan fingerprint density at radius 1 is 0.653 bits per heavy atom. The first-order valence-corrected chi connectivity index (χ1v) is 26.6. The highest BCUT2D eigenvalue weighted by atomic mass is 35.5. The topological polar surface area (TPSA) is 279 Å². The largest absolute Gasteiger partial charge is 0.486 e. The number of hydrogen-bond acceptors (Lipinski definition) is 25. The fraction of sp³-hybridized carbons (Fsp3) is 0.386. The molecule has 9 aromatic rings. The summed E-state index contributed by atoms with van der Waals surface area (Å²) in [7, 11) is 5.88. The molecule has 8 aromatic heterocycles. The van der Waals surface area contributed by atoms with Crippen LogP contribution in [0.25, 0.3) is 23.8 Å². The first-order valence-electron chi connectivity index (χ1n) is 23.1. The van der Waals surface area contributed by atoms with E-state index >= 15 is 0 Å². The fourth-order valence-corrected chi connectivity index (χ4v) is 8.73. The van der Waals surface area contributed by atoms with E-state index in [0.29, 0.717) is 61.1 Å². The Hall–Kier alpha value is -7.22. The molecular weight excluding hydrogens is 1060 g/mol. The third-order valence-corrected chi connectivity index (χ3v) is 13.2. The van der Waals surface area contributed by atoms with Crippen LogP contribution in [0.3, 0.4) is 0 Å². The molecule has 0 bridgehead atoms. The number of fused-ring (bicyclic) bond motifs is 1. The van der Waals surface area contributed by atoms with Crippen LogP contribution >= 0.6 is 57.7 Å². The number of ether oxygens (including phenoxy) is 3. The van der Waals surface area contributed by atoms with Gasteiger partial charge in [-0.15, -0.1) is 0 Å². The smallest absolute Gasteiger partial charge is 0.407 e. The van der Waals surface area contributed by atoms with Gasteiger partial charge in [-0.05, 0) is 63.0 Å². The maximum atomic E-state index is 11.5. The van der Waals surface area contributed by atoms with Gasteiger partial charge in [0.25, 0.3) is 0 Å². The molecule has 398 valence electrons. The molecule has 0 radical (unpaired) electrons. The van der Waals surface area contributed by atoms with Gasteiger partial charge in [0.1, 0.15) is 44.1 Å². The van der Waals surface area contributed by atoms with Gasteiger partial charge in [-0.3, -0.25) is 18.3 Å². The first kappa shape index (κ1) is 55.5. The molecule has 1 aromatic carbocycles. The van der Waals surface area contributed by atoms with Crippen molar-refractivity contribution in [1.29, 1.82) is 0 Å². The van der Waals surface area contributed by atoms with Gasteiger partial charge in [-0.1, -0.05) is 6.07 Å². The highest BCUT2D eigenvalue weighted by molar-refractivity contribution is 7.10. The minimum atomic E-state index is -0.491. The third-order valence-electron chi connectivity index (χ3n) is 9.93. The standard InChI is InChI=1S/C18H22N6O2S.C13H20N6O2S.C8H12N6S.C5H3ClN4S/c1-23(18-21-17(22-27-18)24-9-7-20-13-24)8-6-19-5-4-14-2-3-15-16(12-14)26-11-10-25-15;1-13(2,3)21-12(20)15-6-7-18(4)11-16-10(17-22-11)19-8-5-14-9-19;1-13(4-2-9)8-11-7(12-15-8)14-5-3-10-6-14;6-4-8-5(9-11-4)10-2-1-7-3-10/h2-3,7,9,12-13,19H,4-6,8,10-11H2,1H3;5,8-9H,6-7H2,1-4H3,(H,15,20);3,5-6H,2,4,9H2,1H3;1-3H. The SMILES string of the molecule is CN(CCN)c1nc(-n2ccnc2)ns1.CN(CCNC(=O)OC(C)(C)C)c1nc(-n2ccnc2)ns1.CN(CCNCCc1ccc2c(c1)OCCO2)c1nc(-n2ccnc2)ns1.Clc1nc(-n2ccnc2)ns1. The predicted molar refractivity (Wildman–Crippen MR) is 290 cm³/mol. The van der Waals surface area contributed by atoms with Crippen LogP contribution in [-0.4, -0.2) is 167 Å². The quantitative estimate of drug-likeness (QED) is 0.0959. The lowest BCUT2D eigenvalue weighted by Crippen LogP contribution is -2.37. The van der Waals surface area contributed by atoms with Crippen LogP contribution in [0, 0.1) is 0 Å². The van der Waals surface area contributed by atoms with Gasteiger partial charge in [0.15, 0.2) is 11.5 Å². The molecule has 1 aliphatic rings. The number of hydrogen-bond donors (Lipinski definition) is 3. The summed E-state index contributed by atoms with van der Waals surface area (Å²) in [6.07, 6.45) is 21.1. The van der Waals surface area contributed by atoms with Crippen LogP contribution < -0.4 is 40.5 Å². The average molecular weight is 1120 g/mol. The van der Waals surface area contributed by atoms with Crippen LogP contribution in [0.2, 0.25) is 4.47 Å². The van der Waals surface area contributed by atoms with Crippen molar-refractivity contribution >= 4 is 79.2 Å². The molecule has 75 heavy (non-hydrogen) atoms. The monoisotopic (exact) mass is 1120 g/mol. The molecule has 0 unspecified atom stereocenters. The van der Waals surface area contributed by atoms with Crippen LogP contribution in [0.15, 0.2) is 93.1 Å². The fourth-order valence-electron chi connectivity index (χ4n) is 6.18. The lowest BCUT2D eigenvalue weighted by atomic mass is 10.1. The van der Waals surface area contributed by atoms with Crippen LogP contribution in [0.4, 0.5) is 20.2 Å². The molecule has 10 rings (SSSR count). The Balaban J connectivity index is 0.000000153. The van der Waals surface area contributed by atoms with Gasteiger partial charge in [-0.25, -0.2) is 24.7 Å². The van der Waals surface area contributed by atoms with E-state index in [0.717, 1.165) is 71.0 Å². The van der Waals surface area contributed by atoms with Crippen molar-refractivity contribution in [1.82, 2.24) is 86.3 Å². The van der Waals surface area contributed by atoms with Gasteiger partial charge in [0.2, 0.25) is 43.7 Å². The molecule has 26 nitrogen and oxygen atoms in total. The summed E-state index contributed by atoms with van der Waals surface area (Å²) in [6.45, 7) is 11.8.